The van der Waals surface area contributed by atoms with E-state index in [-0.39, 0.29) is 0 Å². The number of benzene rings is 1. The third-order valence-electron chi connectivity index (χ3n) is 3.33. The molecule has 1 aliphatic heterocycles. The fourth-order valence-corrected chi connectivity index (χ4v) is 2.47. The molecule has 1 atom stereocenters. The van der Waals surface area contributed by atoms with Crippen molar-refractivity contribution in [1.29, 1.82) is 0 Å². The summed E-state index contributed by atoms with van der Waals surface area (Å²) in [5.74, 6) is 1.66. The number of nitrogens with zero attached hydrogens (tertiary/aromatic N) is 1. The molecule has 18 heavy (non-hydrogen) atoms. The van der Waals surface area contributed by atoms with E-state index in [1.54, 1.807) is 14.2 Å². The van der Waals surface area contributed by atoms with Gasteiger partial charge >= 0.3 is 0 Å². The highest BCUT2D eigenvalue weighted by atomic mass is 16.5. The number of hydrogen-bond acceptors (Lipinski definition) is 4. The zero-order valence-corrected chi connectivity index (χ0v) is 11.4. The molecule has 4 heteroatoms. The molecule has 0 saturated carbocycles. The highest BCUT2D eigenvalue weighted by molar-refractivity contribution is 5.46. The zero-order chi connectivity index (χ0) is 13.0. The molecule has 0 radical (unpaired) electrons. The summed E-state index contributed by atoms with van der Waals surface area (Å²) in [5, 5.41) is 3.45. The van der Waals surface area contributed by atoms with Crippen LogP contribution < -0.4 is 14.8 Å². The molecule has 2 rings (SSSR count). The van der Waals surface area contributed by atoms with Crippen molar-refractivity contribution in [2.45, 2.75) is 19.5 Å². The quantitative estimate of drug-likeness (QED) is 0.878. The molecule has 1 N–H and O–H groups in total. The van der Waals surface area contributed by atoms with Gasteiger partial charge in [-0.15, -0.1) is 0 Å². The van der Waals surface area contributed by atoms with E-state index >= 15 is 0 Å². The summed E-state index contributed by atoms with van der Waals surface area (Å²) in [7, 11) is 3.37. The first-order chi connectivity index (χ1) is 8.74. The molecule has 1 aliphatic rings. The van der Waals surface area contributed by atoms with Crippen molar-refractivity contribution >= 4 is 0 Å². The molecule has 0 spiro atoms. The molecule has 0 amide bonds. The van der Waals surface area contributed by atoms with Gasteiger partial charge in [-0.05, 0) is 13.0 Å². The van der Waals surface area contributed by atoms with Gasteiger partial charge in [-0.2, -0.15) is 0 Å². The first-order valence-corrected chi connectivity index (χ1v) is 6.40. The van der Waals surface area contributed by atoms with E-state index in [2.05, 4.69) is 23.2 Å². The van der Waals surface area contributed by atoms with Gasteiger partial charge < -0.3 is 14.8 Å². The molecule has 0 bridgehead atoms. The van der Waals surface area contributed by atoms with Crippen molar-refractivity contribution in [3.8, 4) is 11.5 Å². The van der Waals surface area contributed by atoms with Gasteiger partial charge in [0.25, 0.3) is 0 Å². The monoisotopic (exact) mass is 250 g/mol. The number of piperazine rings is 1. The van der Waals surface area contributed by atoms with Crippen molar-refractivity contribution in [1.82, 2.24) is 10.2 Å². The normalized spacial score (nSPS) is 20.7. The zero-order valence-electron chi connectivity index (χ0n) is 11.4. The predicted octanol–water partition coefficient (Wildman–Crippen LogP) is 1.50. The van der Waals surface area contributed by atoms with Crippen molar-refractivity contribution in [2.24, 2.45) is 0 Å². The number of ether oxygens (including phenoxy) is 2. The maximum Gasteiger partial charge on any atom is 0.165 e. The Kier molecular flexibility index (Phi) is 4.44. The molecule has 1 aromatic carbocycles. The smallest absolute Gasteiger partial charge is 0.165 e. The van der Waals surface area contributed by atoms with Crippen LogP contribution in [0.2, 0.25) is 0 Å². The second-order valence-corrected chi connectivity index (χ2v) is 4.74. The fraction of sp³-hybridized carbons (Fsp3) is 0.571. The van der Waals surface area contributed by atoms with E-state index in [0.29, 0.717) is 6.04 Å². The Balaban J connectivity index is 2.12. The highest BCUT2D eigenvalue weighted by Crippen LogP contribution is 2.31. The standard InChI is InChI=1S/C14H22N2O2/c1-11-9-16(8-7-15-11)10-12-5-4-6-13(17-2)14(12)18-3/h4-6,11,15H,7-10H2,1-3H3/t11-/m0/s1. The lowest BCUT2D eigenvalue weighted by atomic mass is 10.1. The Labute approximate surface area is 109 Å². The van der Waals surface area contributed by atoms with Crippen LogP contribution in [0.1, 0.15) is 12.5 Å². The third-order valence-corrected chi connectivity index (χ3v) is 3.33. The lowest BCUT2D eigenvalue weighted by Gasteiger charge is -2.32. The third kappa shape index (κ3) is 2.94. The number of hydrogen-bond donors (Lipinski definition) is 1. The lowest BCUT2D eigenvalue weighted by molar-refractivity contribution is 0.197. The molecule has 0 unspecified atom stereocenters. The summed E-state index contributed by atoms with van der Waals surface area (Å²) < 4.78 is 10.8. The number of rotatable bonds is 4. The maximum absolute atomic E-state index is 5.47. The molecule has 1 aromatic rings. The van der Waals surface area contributed by atoms with Crippen LogP contribution >= 0.6 is 0 Å². The van der Waals surface area contributed by atoms with Crippen LogP contribution in [0.25, 0.3) is 0 Å². The fourth-order valence-electron chi connectivity index (χ4n) is 2.47. The largest absolute Gasteiger partial charge is 0.493 e. The number of para-hydroxylation sites is 1. The minimum atomic E-state index is 0.551. The van der Waals surface area contributed by atoms with Gasteiger partial charge in [0.1, 0.15) is 0 Å². The Morgan fingerprint density at radius 3 is 2.83 bits per heavy atom. The van der Waals surface area contributed by atoms with Crippen LogP contribution in [0.4, 0.5) is 0 Å². The topological polar surface area (TPSA) is 33.7 Å². The molecule has 0 aromatic heterocycles. The van der Waals surface area contributed by atoms with Gasteiger partial charge in [-0.25, -0.2) is 0 Å². The second-order valence-electron chi connectivity index (χ2n) is 4.74. The summed E-state index contributed by atoms with van der Waals surface area (Å²) >= 11 is 0. The van der Waals surface area contributed by atoms with Crippen LogP contribution in [-0.2, 0) is 6.54 Å². The van der Waals surface area contributed by atoms with E-state index in [1.807, 2.05) is 12.1 Å². The molecular formula is C14H22N2O2. The number of methoxy groups -OCH3 is 2. The number of nitrogens with one attached hydrogen (secondary N) is 1. The SMILES string of the molecule is COc1cccc(CN2CCN[C@@H](C)C2)c1OC. The van der Waals surface area contributed by atoms with Gasteiger partial charge in [0, 0.05) is 37.8 Å². The Bertz CT molecular complexity index is 395. The van der Waals surface area contributed by atoms with E-state index in [0.717, 1.165) is 37.7 Å². The average molecular weight is 250 g/mol. The Morgan fingerprint density at radius 2 is 2.17 bits per heavy atom. The summed E-state index contributed by atoms with van der Waals surface area (Å²) in [6.45, 7) is 6.32. The van der Waals surface area contributed by atoms with E-state index in [9.17, 15) is 0 Å². The van der Waals surface area contributed by atoms with Crippen LogP contribution in [0.15, 0.2) is 18.2 Å². The van der Waals surface area contributed by atoms with Crippen molar-refractivity contribution in [2.75, 3.05) is 33.9 Å². The van der Waals surface area contributed by atoms with Crippen LogP contribution in [-0.4, -0.2) is 44.8 Å². The van der Waals surface area contributed by atoms with E-state index in [4.69, 9.17) is 9.47 Å². The molecule has 100 valence electrons. The summed E-state index contributed by atoms with van der Waals surface area (Å²) in [6.07, 6.45) is 0. The highest BCUT2D eigenvalue weighted by Gasteiger charge is 2.18. The molecular weight excluding hydrogens is 228 g/mol. The van der Waals surface area contributed by atoms with Crippen molar-refractivity contribution in [3.63, 3.8) is 0 Å². The second kappa shape index (κ2) is 6.07. The van der Waals surface area contributed by atoms with Crippen molar-refractivity contribution in [3.05, 3.63) is 23.8 Å². The van der Waals surface area contributed by atoms with Gasteiger partial charge in [0.15, 0.2) is 11.5 Å². The van der Waals surface area contributed by atoms with Crippen LogP contribution in [0.5, 0.6) is 11.5 Å². The Hall–Kier alpha value is -1.26. The van der Waals surface area contributed by atoms with Crippen LogP contribution in [0.3, 0.4) is 0 Å². The molecule has 0 aliphatic carbocycles. The van der Waals surface area contributed by atoms with Crippen LogP contribution in [0, 0.1) is 0 Å². The minimum absolute atomic E-state index is 0.551. The van der Waals surface area contributed by atoms with Crippen molar-refractivity contribution < 1.29 is 9.47 Å². The Morgan fingerprint density at radius 1 is 1.33 bits per heavy atom. The first-order valence-electron chi connectivity index (χ1n) is 6.40. The average Bonchev–Trinajstić information content (AvgIpc) is 2.38. The molecule has 1 saturated heterocycles. The molecule has 4 nitrogen and oxygen atoms in total. The first kappa shape index (κ1) is 13.2. The van der Waals surface area contributed by atoms with E-state index in [1.165, 1.54) is 5.56 Å². The van der Waals surface area contributed by atoms with Gasteiger partial charge in [-0.3, -0.25) is 4.90 Å². The molecule has 1 heterocycles. The van der Waals surface area contributed by atoms with Gasteiger partial charge in [0.05, 0.1) is 14.2 Å². The van der Waals surface area contributed by atoms with Gasteiger partial charge in [0.2, 0.25) is 0 Å². The predicted molar refractivity (Wildman–Crippen MR) is 72.3 cm³/mol. The van der Waals surface area contributed by atoms with E-state index < -0.39 is 0 Å². The summed E-state index contributed by atoms with van der Waals surface area (Å²) in [4.78, 5) is 2.44. The molecule has 1 fully saturated rings. The lowest BCUT2D eigenvalue weighted by Crippen LogP contribution is -2.48. The minimum Gasteiger partial charge on any atom is -0.493 e. The summed E-state index contributed by atoms with van der Waals surface area (Å²) in [5.41, 5.74) is 1.19. The summed E-state index contributed by atoms with van der Waals surface area (Å²) in [6, 6.07) is 6.61. The van der Waals surface area contributed by atoms with Gasteiger partial charge in [-0.1, -0.05) is 12.1 Å². The maximum atomic E-state index is 5.47.